The van der Waals surface area contributed by atoms with Crippen LogP contribution in [-0.2, 0) is 14.3 Å². The number of carboxylic acids is 1. The van der Waals surface area contributed by atoms with Crippen molar-refractivity contribution in [3.05, 3.63) is 0 Å². The minimum absolute atomic E-state index is 0.0962. The Morgan fingerprint density at radius 3 is 2.62 bits per heavy atom. The summed E-state index contributed by atoms with van der Waals surface area (Å²) in [4.78, 5) is 21.3. The van der Waals surface area contributed by atoms with E-state index in [1.807, 2.05) is 0 Å². The molecule has 0 rings (SSSR count). The second-order valence-corrected chi connectivity index (χ2v) is 3.61. The lowest BCUT2D eigenvalue weighted by Crippen LogP contribution is -2.28. The molecular formula is C11H21NO4. The topological polar surface area (TPSA) is 75.6 Å². The zero-order valence-corrected chi connectivity index (χ0v) is 9.83. The van der Waals surface area contributed by atoms with Gasteiger partial charge in [0, 0.05) is 19.6 Å². The van der Waals surface area contributed by atoms with Crippen molar-refractivity contribution in [3.63, 3.8) is 0 Å². The first kappa shape index (κ1) is 14.9. The van der Waals surface area contributed by atoms with Crippen molar-refractivity contribution in [2.45, 2.75) is 39.0 Å². The highest BCUT2D eigenvalue weighted by Crippen LogP contribution is 1.93. The van der Waals surface area contributed by atoms with Gasteiger partial charge in [-0.05, 0) is 19.3 Å². The van der Waals surface area contributed by atoms with Gasteiger partial charge in [0.05, 0.1) is 0 Å². The summed E-state index contributed by atoms with van der Waals surface area (Å²) in [6.45, 7) is 3.29. The van der Waals surface area contributed by atoms with Crippen LogP contribution >= 0.6 is 0 Å². The second-order valence-electron chi connectivity index (χ2n) is 3.61. The molecule has 0 saturated carbocycles. The number of hydrogen-bond acceptors (Lipinski definition) is 3. The summed E-state index contributed by atoms with van der Waals surface area (Å²) in [5, 5.41) is 11.1. The second kappa shape index (κ2) is 10.4. The van der Waals surface area contributed by atoms with Gasteiger partial charge in [-0.1, -0.05) is 13.3 Å². The summed E-state index contributed by atoms with van der Waals surface area (Å²) >= 11 is 0. The molecule has 2 N–H and O–H groups in total. The molecule has 0 bridgehead atoms. The molecule has 5 heteroatoms. The third-order valence-corrected chi connectivity index (χ3v) is 2.01. The number of hydrogen-bond donors (Lipinski definition) is 2. The first-order valence-electron chi connectivity index (χ1n) is 5.73. The van der Waals surface area contributed by atoms with Gasteiger partial charge in [-0.25, -0.2) is 0 Å². The minimum Gasteiger partial charge on any atom is -0.481 e. The van der Waals surface area contributed by atoms with Crippen molar-refractivity contribution >= 4 is 11.9 Å². The molecule has 0 saturated heterocycles. The summed E-state index contributed by atoms with van der Waals surface area (Å²) in [5.74, 6) is -0.930. The van der Waals surface area contributed by atoms with E-state index in [4.69, 9.17) is 9.84 Å². The monoisotopic (exact) mass is 231 g/mol. The maximum absolute atomic E-state index is 11.2. The fourth-order valence-corrected chi connectivity index (χ4v) is 1.09. The molecule has 0 aromatic heterocycles. The van der Waals surface area contributed by atoms with Crippen molar-refractivity contribution in [1.29, 1.82) is 0 Å². The van der Waals surface area contributed by atoms with Crippen LogP contribution in [0.5, 0.6) is 0 Å². The third-order valence-electron chi connectivity index (χ3n) is 2.01. The van der Waals surface area contributed by atoms with Gasteiger partial charge >= 0.3 is 5.97 Å². The number of rotatable bonds is 10. The predicted molar refractivity (Wildman–Crippen MR) is 60.2 cm³/mol. The van der Waals surface area contributed by atoms with E-state index in [1.165, 1.54) is 0 Å². The van der Waals surface area contributed by atoms with E-state index in [9.17, 15) is 9.59 Å². The number of unbranched alkanes of at least 4 members (excludes halogenated alkanes) is 2. The van der Waals surface area contributed by atoms with E-state index in [0.29, 0.717) is 26.0 Å². The molecule has 0 aliphatic carbocycles. The Kier molecular flexibility index (Phi) is 9.70. The number of carbonyl (C=O) groups excluding carboxylic acids is 1. The van der Waals surface area contributed by atoms with Crippen LogP contribution in [0.1, 0.15) is 39.0 Å². The van der Waals surface area contributed by atoms with Crippen LogP contribution in [0.3, 0.4) is 0 Å². The molecule has 0 fully saturated rings. The highest BCUT2D eigenvalue weighted by molar-refractivity contribution is 5.77. The van der Waals surface area contributed by atoms with Crippen molar-refractivity contribution in [3.8, 4) is 0 Å². The number of carboxylic acid groups (broad SMARTS) is 1. The Hall–Kier alpha value is -1.10. The van der Waals surface area contributed by atoms with Gasteiger partial charge in [-0.3, -0.25) is 9.59 Å². The zero-order chi connectivity index (χ0) is 12.2. The van der Waals surface area contributed by atoms with E-state index in [2.05, 4.69) is 12.2 Å². The van der Waals surface area contributed by atoms with Gasteiger partial charge in [0.1, 0.15) is 6.61 Å². The molecule has 16 heavy (non-hydrogen) atoms. The normalized spacial score (nSPS) is 10.1. The van der Waals surface area contributed by atoms with E-state index >= 15 is 0 Å². The summed E-state index contributed by atoms with van der Waals surface area (Å²) in [6, 6.07) is 0. The van der Waals surface area contributed by atoms with Crippen LogP contribution in [0.4, 0.5) is 0 Å². The van der Waals surface area contributed by atoms with E-state index < -0.39 is 5.97 Å². The minimum atomic E-state index is -0.797. The van der Waals surface area contributed by atoms with Gasteiger partial charge in [-0.2, -0.15) is 0 Å². The van der Waals surface area contributed by atoms with Crippen molar-refractivity contribution in [1.82, 2.24) is 5.32 Å². The summed E-state index contributed by atoms with van der Waals surface area (Å²) < 4.78 is 5.12. The van der Waals surface area contributed by atoms with Gasteiger partial charge in [0.2, 0.25) is 5.91 Å². The van der Waals surface area contributed by atoms with Gasteiger partial charge in [-0.15, -0.1) is 0 Å². The lowest BCUT2D eigenvalue weighted by molar-refractivity contribution is -0.137. The highest BCUT2D eigenvalue weighted by atomic mass is 16.5. The Balaban J connectivity index is 3.20. The van der Waals surface area contributed by atoms with Crippen molar-refractivity contribution < 1.29 is 19.4 Å². The molecule has 5 nitrogen and oxygen atoms in total. The quantitative estimate of drug-likeness (QED) is 0.553. The fourth-order valence-electron chi connectivity index (χ4n) is 1.09. The molecule has 0 aromatic carbocycles. The molecule has 0 unspecified atom stereocenters. The Bertz CT molecular complexity index is 206. The summed E-state index contributed by atoms with van der Waals surface area (Å²) in [7, 11) is 0. The first-order valence-corrected chi connectivity index (χ1v) is 5.73. The number of amides is 1. The molecule has 1 amide bonds. The predicted octanol–water partition coefficient (Wildman–Crippen LogP) is 1.17. The SMILES string of the molecule is CCCCOCC(=O)NCCCCC(=O)O. The van der Waals surface area contributed by atoms with Crippen molar-refractivity contribution in [2.75, 3.05) is 19.8 Å². The lowest BCUT2D eigenvalue weighted by atomic mass is 10.2. The molecule has 0 aliphatic rings. The molecule has 0 heterocycles. The molecule has 0 aliphatic heterocycles. The van der Waals surface area contributed by atoms with E-state index in [-0.39, 0.29) is 18.9 Å². The molecule has 0 radical (unpaired) electrons. The lowest BCUT2D eigenvalue weighted by Gasteiger charge is -2.05. The standard InChI is InChI=1S/C11H21NO4/c1-2-3-8-16-9-10(13)12-7-5-4-6-11(14)15/h2-9H2,1H3,(H,12,13)(H,14,15). The average Bonchev–Trinajstić information content (AvgIpc) is 2.23. The molecule has 94 valence electrons. The average molecular weight is 231 g/mol. The van der Waals surface area contributed by atoms with Gasteiger partial charge < -0.3 is 15.2 Å². The summed E-state index contributed by atoms with van der Waals surface area (Å²) in [6.07, 6.45) is 3.45. The molecule has 0 spiro atoms. The Morgan fingerprint density at radius 2 is 2.00 bits per heavy atom. The van der Waals surface area contributed by atoms with Crippen molar-refractivity contribution in [2.24, 2.45) is 0 Å². The van der Waals surface area contributed by atoms with Gasteiger partial charge in [0.25, 0.3) is 0 Å². The van der Waals surface area contributed by atoms with Crippen LogP contribution in [0.25, 0.3) is 0 Å². The fraction of sp³-hybridized carbons (Fsp3) is 0.818. The van der Waals surface area contributed by atoms with E-state index in [0.717, 1.165) is 12.8 Å². The highest BCUT2D eigenvalue weighted by Gasteiger charge is 2.01. The number of nitrogens with one attached hydrogen (secondary N) is 1. The smallest absolute Gasteiger partial charge is 0.303 e. The maximum atomic E-state index is 11.2. The first-order chi connectivity index (χ1) is 7.66. The number of aliphatic carboxylic acids is 1. The molecule has 0 atom stereocenters. The largest absolute Gasteiger partial charge is 0.481 e. The molecular weight excluding hydrogens is 210 g/mol. The van der Waals surface area contributed by atoms with E-state index in [1.54, 1.807) is 0 Å². The summed E-state index contributed by atoms with van der Waals surface area (Å²) in [5.41, 5.74) is 0. The van der Waals surface area contributed by atoms with Crippen LogP contribution in [0.15, 0.2) is 0 Å². The maximum Gasteiger partial charge on any atom is 0.303 e. The molecule has 0 aromatic rings. The number of carbonyl (C=O) groups is 2. The van der Waals surface area contributed by atoms with Crippen LogP contribution in [-0.4, -0.2) is 36.7 Å². The third kappa shape index (κ3) is 11.0. The van der Waals surface area contributed by atoms with Gasteiger partial charge in [0.15, 0.2) is 0 Å². The van der Waals surface area contributed by atoms with Crippen LogP contribution in [0, 0.1) is 0 Å². The number of ether oxygens (including phenoxy) is 1. The Morgan fingerprint density at radius 1 is 1.25 bits per heavy atom. The van der Waals surface area contributed by atoms with Crippen LogP contribution in [0.2, 0.25) is 0 Å². The zero-order valence-electron chi connectivity index (χ0n) is 9.83. The van der Waals surface area contributed by atoms with Crippen LogP contribution < -0.4 is 5.32 Å². The Labute approximate surface area is 96.2 Å².